The molecule has 0 saturated carbocycles. The molecule has 0 aliphatic carbocycles. The molecule has 2 aromatic rings. The third-order valence-corrected chi connectivity index (χ3v) is 7.40. The molecule has 2 saturated heterocycles. The van der Waals surface area contributed by atoms with Crippen LogP contribution >= 0.6 is 0 Å². The summed E-state index contributed by atoms with van der Waals surface area (Å²) in [6.45, 7) is 4.04. The summed E-state index contributed by atoms with van der Waals surface area (Å²) < 4.78 is 29.6. The lowest BCUT2D eigenvalue weighted by Crippen LogP contribution is -2.37. The number of aromatic nitrogens is 2. The van der Waals surface area contributed by atoms with Crippen LogP contribution in [-0.2, 0) is 14.8 Å². The molecule has 2 fully saturated rings. The van der Waals surface area contributed by atoms with Crippen LogP contribution in [0, 0.1) is 5.92 Å². The first-order chi connectivity index (χ1) is 11.8. The molecule has 8 heteroatoms. The fourth-order valence-corrected chi connectivity index (χ4v) is 6.26. The van der Waals surface area contributed by atoms with Crippen LogP contribution in [-0.4, -0.2) is 45.7 Å². The van der Waals surface area contributed by atoms with Gasteiger partial charge in [0.15, 0.2) is 0 Å². The molecule has 7 nitrogen and oxygen atoms in total. The molecule has 2 aliphatic heterocycles. The number of rotatable bonds is 4. The maximum absolute atomic E-state index is 13.2. The molecule has 25 heavy (non-hydrogen) atoms. The van der Waals surface area contributed by atoms with Crippen molar-refractivity contribution in [1.82, 2.24) is 14.1 Å². The van der Waals surface area contributed by atoms with E-state index in [9.17, 15) is 18.3 Å². The molecule has 134 valence electrons. The Morgan fingerprint density at radius 2 is 2.08 bits per heavy atom. The molecule has 1 N–H and O–H groups in total. The average Bonchev–Trinajstić information content (AvgIpc) is 3.26. The topological polar surface area (TPSA) is 92.5 Å². The molecule has 0 radical (unpaired) electrons. The second-order valence-corrected chi connectivity index (χ2v) is 9.06. The fourth-order valence-electron chi connectivity index (χ4n) is 4.30. The summed E-state index contributed by atoms with van der Waals surface area (Å²) in [6.07, 6.45) is 3.44. The quantitative estimate of drug-likeness (QED) is 0.899. The van der Waals surface area contributed by atoms with Gasteiger partial charge in [0, 0.05) is 23.5 Å². The summed E-state index contributed by atoms with van der Waals surface area (Å²) >= 11 is 0. The number of aliphatic carboxylic acids is 1. The summed E-state index contributed by atoms with van der Waals surface area (Å²) in [5.41, 5.74) is 0.891. The van der Waals surface area contributed by atoms with Crippen LogP contribution in [0.2, 0.25) is 0 Å². The van der Waals surface area contributed by atoms with Gasteiger partial charge in [0.1, 0.15) is 0 Å². The SMILES string of the molecule is CC(C)n1ncc2cc(S(=O)(=O)N3C4CCC3C(C(=O)O)C4)ccc21. The molecule has 0 amide bonds. The van der Waals surface area contributed by atoms with Crippen molar-refractivity contribution < 1.29 is 18.3 Å². The van der Waals surface area contributed by atoms with Gasteiger partial charge in [-0.05, 0) is 51.3 Å². The molecule has 2 bridgehead atoms. The van der Waals surface area contributed by atoms with Gasteiger partial charge in [0.05, 0.1) is 22.5 Å². The largest absolute Gasteiger partial charge is 0.481 e. The number of nitrogens with zero attached hydrogens (tertiary/aromatic N) is 3. The maximum atomic E-state index is 13.2. The monoisotopic (exact) mass is 363 g/mol. The van der Waals surface area contributed by atoms with Gasteiger partial charge >= 0.3 is 5.97 Å². The second-order valence-electron chi connectivity index (χ2n) is 7.22. The molecule has 0 spiro atoms. The number of hydrogen-bond acceptors (Lipinski definition) is 4. The van der Waals surface area contributed by atoms with Crippen molar-refractivity contribution in [2.75, 3.05) is 0 Å². The Morgan fingerprint density at radius 3 is 2.72 bits per heavy atom. The minimum Gasteiger partial charge on any atom is -0.481 e. The average molecular weight is 363 g/mol. The minimum absolute atomic E-state index is 0.186. The highest BCUT2D eigenvalue weighted by Gasteiger charge is 2.54. The standard InChI is InChI=1S/C17H21N3O4S/c1-10(2)19-15-6-4-13(7-11(15)9-18-19)25(23,24)20-12-3-5-16(20)14(8-12)17(21)22/h4,6-7,9-10,12,14,16H,3,5,8H2,1-2H3,(H,21,22). The van der Waals surface area contributed by atoms with Crippen molar-refractivity contribution >= 4 is 26.9 Å². The molecule has 2 aliphatic rings. The van der Waals surface area contributed by atoms with Crippen LogP contribution in [0.15, 0.2) is 29.3 Å². The second kappa shape index (κ2) is 5.54. The summed E-state index contributed by atoms with van der Waals surface area (Å²) in [4.78, 5) is 11.6. The highest BCUT2D eigenvalue weighted by molar-refractivity contribution is 7.89. The minimum atomic E-state index is -3.71. The van der Waals surface area contributed by atoms with E-state index in [1.54, 1.807) is 24.4 Å². The number of carbonyl (C=O) groups is 1. The van der Waals surface area contributed by atoms with Gasteiger partial charge < -0.3 is 5.11 Å². The maximum Gasteiger partial charge on any atom is 0.308 e. The van der Waals surface area contributed by atoms with Crippen LogP contribution in [0.4, 0.5) is 0 Å². The van der Waals surface area contributed by atoms with Crippen LogP contribution in [0.1, 0.15) is 39.2 Å². The van der Waals surface area contributed by atoms with Gasteiger partial charge in [0.2, 0.25) is 10.0 Å². The third kappa shape index (κ3) is 2.38. The Bertz CT molecular complexity index is 950. The number of sulfonamides is 1. The lowest BCUT2D eigenvalue weighted by molar-refractivity contribution is -0.142. The smallest absolute Gasteiger partial charge is 0.308 e. The summed E-state index contributed by atoms with van der Waals surface area (Å²) in [5.74, 6) is -1.50. The van der Waals surface area contributed by atoms with Gasteiger partial charge in [-0.25, -0.2) is 8.42 Å². The molecular weight excluding hydrogens is 342 g/mol. The molecule has 1 aromatic heterocycles. The normalized spacial score (nSPS) is 26.8. The molecule has 3 heterocycles. The van der Waals surface area contributed by atoms with Crippen LogP contribution in [0.25, 0.3) is 10.9 Å². The van der Waals surface area contributed by atoms with E-state index < -0.39 is 28.0 Å². The first-order valence-electron chi connectivity index (χ1n) is 8.54. The number of fused-ring (bicyclic) bond motifs is 3. The van der Waals surface area contributed by atoms with E-state index in [0.29, 0.717) is 12.8 Å². The Labute approximate surface area is 146 Å². The van der Waals surface area contributed by atoms with E-state index in [1.807, 2.05) is 18.5 Å². The van der Waals surface area contributed by atoms with Crippen molar-refractivity contribution in [2.45, 2.75) is 56.1 Å². The van der Waals surface area contributed by atoms with Gasteiger partial charge in [-0.2, -0.15) is 9.40 Å². The van der Waals surface area contributed by atoms with E-state index in [0.717, 1.165) is 17.3 Å². The Kier molecular flexibility index (Phi) is 3.66. The zero-order valence-electron chi connectivity index (χ0n) is 14.2. The number of carboxylic acid groups (broad SMARTS) is 1. The highest BCUT2D eigenvalue weighted by Crippen LogP contribution is 2.45. The summed E-state index contributed by atoms with van der Waals surface area (Å²) in [5, 5.41) is 14.5. The first-order valence-corrected chi connectivity index (χ1v) is 9.98. The summed E-state index contributed by atoms with van der Waals surface area (Å²) in [7, 11) is -3.71. The van der Waals surface area contributed by atoms with Crippen LogP contribution in [0.3, 0.4) is 0 Å². The van der Waals surface area contributed by atoms with E-state index in [2.05, 4.69) is 5.10 Å². The Balaban J connectivity index is 1.74. The van der Waals surface area contributed by atoms with Crippen molar-refractivity contribution in [3.63, 3.8) is 0 Å². The lowest BCUT2D eigenvalue weighted by atomic mass is 9.89. The Hall–Kier alpha value is -1.93. The van der Waals surface area contributed by atoms with E-state index in [-0.39, 0.29) is 17.0 Å². The van der Waals surface area contributed by atoms with Crippen molar-refractivity contribution in [2.24, 2.45) is 5.92 Å². The van der Waals surface area contributed by atoms with Gasteiger partial charge in [-0.15, -0.1) is 0 Å². The molecule has 3 atom stereocenters. The van der Waals surface area contributed by atoms with Crippen molar-refractivity contribution in [3.05, 3.63) is 24.4 Å². The Morgan fingerprint density at radius 1 is 1.32 bits per heavy atom. The van der Waals surface area contributed by atoms with Crippen molar-refractivity contribution in [3.8, 4) is 0 Å². The molecule has 1 aromatic carbocycles. The number of carboxylic acids is 1. The summed E-state index contributed by atoms with van der Waals surface area (Å²) in [6, 6.07) is 4.58. The molecule has 3 unspecified atom stereocenters. The predicted molar refractivity (Wildman–Crippen MR) is 91.7 cm³/mol. The molecule has 4 rings (SSSR count). The zero-order valence-corrected chi connectivity index (χ0v) is 15.0. The van der Waals surface area contributed by atoms with Crippen LogP contribution < -0.4 is 0 Å². The number of hydrogen-bond donors (Lipinski definition) is 1. The van der Waals surface area contributed by atoms with Crippen LogP contribution in [0.5, 0.6) is 0 Å². The van der Waals surface area contributed by atoms with Gasteiger partial charge in [0.25, 0.3) is 0 Å². The van der Waals surface area contributed by atoms with Gasteiger partial charge in [-0.1, -0.05) is 0 Å². The fraction of sp³-hybridized carbons (Fsp3) is 0.529. The van der Waals surface area contributed by atoms with E-state index >= 15 is 0 Å². The first kappa shape index (κ1) is 16.5. The number of benzene rings is 1. The van der Waals surface area contributed by atoms with Gasteiger partial charge in [-0.3, -0.25) is 9.48 Å². The molecular formula is C17H21N3O4S. The van der Waals surface area contributed by atoms with E-state index in [1.165, 1.54) is 4.31 Å². The van der Waals surface area contributed by atoms with E-state index in [4.69, 9.17) is 0 Å². The predicted octanol–water partition coefficient (Wildman–Crippen LogP) is 2.24. The lowest BCUT2D eigenvalue weighted by Gasteiger charge is -2.22. The highest BCUT2D eigenvalue weighted by atomic mass is 32.2. The third-order valence-electron chi connectivity index (χ3n) is 5.42. The zero-order chi connectivity index (χ0) is 17.9. The van der Waals surface area contributed by atoms with Crippen molar-refractivity contribution in [1.29, 1.82) is 0 Å².